The quantitative estimate of drug-likeness (QED) is 0.665. The maximum atomic E-state index is 12.4. The van der Waals surface area contributed by atoms with Gasteiger partial charge in [0.2, 0.25) is 0 Å². The Labute approximate surface area is 157 Å². The Morgan fingerprint density at radius 1 is 0.815 bits per heavy atom. The van der Waals surface area contributed by atoms with Crippen LogP contribution in [0.25, 0.3) is 5.57 Å². The summed E-state index contributed by atoms with van der Waals surface area (Å²) in [5.74, 6) is -3.49. The number of rotatable bonds is 4. The number of ether oxygens (including phenoxy) is 1. The van der Waals surface area contributed by atoms with Gasteiger partial charge in [0, 0.05) is 11.8 Å². The number of carboxylic acid groups (broad SMARTS) is 1. The molecule has 0 aromatic heterocycles. The third-order valence-corrected chi connectivity index (χ3v) is 5.58. The average Bonchev–Trinajstić information content (AvgIpc) is 3.25. The molecule has 4 nitrogen and oxygen atoms in total. The summed E-state index contributed by atoms with van der Waals surface area (Å²) in [7, 11) is 1.32. The van der Waals surface area contributed by atoms with Crippen molar-refractivity contribution in [2.45, 2.75) is 0 Å². The zero-order valence-electron chi connectivity index (χ0n) is 14.9. The Balaban J connectivity index is 1.96. The van der Waals surface area contributed by atoms with Gasteiger partial charge in [0.1, 0.15) is 0 Å². The summed E-state index contributed by atoms with van der Waals surface area (Å²) in [6.07, 6.45) is 3.90. The molecule has 4 rings (SSSR count). The Hall–Kier alpha value is -3.14. The highest BCUT2D eigenvalue weighted by Crippen LogP contribution is 2.55. The van der Waals surface area contributed by atoms with E-state index in [0.717, 1.165) is 22.3 Å². The van der Waals surface area contributed by atoms with E-state index >= 15 is 0 Å². The number of benzene rings is 2. The summed E-state index contributed by atoms with van der Waals surface area (Å²) in [6.45, 7) is 0. The van der Waals surface area contributed by atoms with Crippen LogP contribution in [0.2, 0.25) is 0 Å². The van der Waals surface area contributed by atoms with E-state index < -0.39 is 23.8 Å². The van der Waals surface area contributed by atoms with Gasteiger partial charge in [-0.3, -0.25) is 9.59 Å². The van der Waals surface area contributed by atoms with Crippen LogP contribution in [0, 0.1) is 23.7 Å². The number of fused-ring (bicyclic) bond motifs is 2. The highest BCUT2D eigenvalue weighted by atomic mass is 16.5. The minimum absolute atomic E-state index is 0.265. The topological polar surface area (TPSA) is 63.6 Å². The Morgan fingerprint density at radius 2 is 1.30 bits per heavy atom. The molecule has 4 atom stereocenters. The number of carbonyl (C=O) groups excluding carboxylic acids is 1. The van der Waals surface area contributed by atoms with E-state index in [1.807, 2.05) is 72.8 Å². The van der Waals surface area contributed by atoms with Crippen molar-refractivity contribution in [2.75, 3.05) is 7.11 Å². The number of hydrogen-bond acceptors (Lipinski definition) is 3. The van der Waals surface area contributed by atoms with E-state index in [0.29, 0.717) is 0 Å². The molecule has 0 unspecified atom stereocenters. The van der Waals surface area contributed by atoms with Crippen LogP contribution in [0.1, 0.15) is 11.1 Å². The SMILES string of the molecule is COC(=O)[C@@H]1[C@@H](C(=O)O)[C@@H]2C=C[C@H]1C2=C(c1ccccc1)c1ccccc1. The minimum atomic E-state index is -0.958. The molecule has 2 aliphatic rings. The molecule has 136 valence electrons. The molecule has 27 heavy (non-hydrogen) atoms. The standard InChI is InChI=1S/C23H20O4/c1-27-23(26)21-17-13-12-16(20(21)22(24)25)19(17)18(14-8-4-2-5-9-14)15-10-6-3-7-11-15/h2-13,16-17,20-21H,1H3,(H,24,25)/t16-,17+,20+,21+/m1/s1. The van der Waals surface area contributed by atoms with E-state index in [4.69, 9.17) is 4.74 Å². The molecule has 0 aliphatic heterocycles. The van der Waals surface area contributed by atoms with E-state index in [1.54, 1.807) is 0 Å². The van der Waals surface area contributed by atoms with E-state index in [9.17, 15) is 14.7 Å². The first-order chi connectivity index (χ1) is 13.1. The highest BCUT2D eigenvalue weighted by molar-refractivity contribution is 5.90. The van der Waals surface area contributed by atoms with Gasteiger partial charge in [-0.2, -0.15) is 0 Å². The van der Waals surface area contributed by atoms with Gasteiger partial charge >= 0.3 is 11.9 Å². The summed E-state index contributed by atoms with van der Waals surface area (Å²) in [6, 6.07) is 19.9. The number of esters is 1. The maximum absolute atomic E-state index is 12.4. The Morgan fingerprint density at radius 3 is 1.74 bits per heavy atom. The number of methoxy groups -OCH3 is 1. The van der Waals surface area contributed by atoms with Crippen molar-refractivity contribution >= 4 is 17.5 Å². The zero-order chi connectivity index (χ0) is 19.0. The van der Waals surface area contributed by atoms with Gasteiger partial charge in [-0.05, 0) is 22.3 Å². The van der Waals surface area contributed by atoms with Crippen LogP contribution in [0.15, 0.2) is 78.4 Å². The molecule has 1 saturated carbocycles. The molecule has 4 heteroatoms. The van der Waals surface area contributed by atoms with Crippen LogP contribution in [-0.4, -0.2) is 24.2 Å². The number of carbonyl (C=O) groups is 2. The van der Waals surface area contributed by atoms with Gasteiger partial charge in [-0.25, -0.2) is 0 Å². The molecule has 0 spiro atoms. The fourth-order valence-electron chi connectivity index (χ4n) is 4.52. The second kappa shape index (κ2) is 6.88. The van der Waals surface area contributed by atoms with E-state index in [2.05, 4.69) is 0 Å². The average molecular weight is 360 g/mol. The minimum Gasteiger partial charge on any atom is -0.481 e. The first kappa shape index (κ1) is 17.3. The number of allylic oxidation sites excluding steroid dienone is 3. The first-order valence-electron chi connectivity index (χ1n) is 8.97. The summed E-state index contributed by atoms with van der Waals surface area (Å²) < 4.78 is 4.95. The van der Waals surface area contributed by atoms with E-state index in [-0.39, 0.29) is 11.8 Å². The third kappa shape index (κ3) is 2.78. The van der Waals surface area contributed by atoms with Crippen molar-refractivity contribution in [3.05, 3.63) is 89.5 Å². The van der Waals surface area contributed by atoms with Crippen molar-refractivity contribution in [3.8, 4) is 0 Å². The first-order valence-corrected chi connectivity index (χ1v) is 8.97. The third-order valence-electron chi connectivity index (χ3n) is 5.58. The smallest absolute Gasteiger partial charge is 0.310 e. The van der Waals surface area contributed by atoms with Crippen molar-refractivity contribution in [1.29, 1.82) is 0 Å². The lowest BCUT2D eigenvalue weighted by Crippen LogP contribution is -2.33. The molecule has 0 saturated heterocycles. The van der Waals surface area contributed by atoms with Crippen LogP contribution in [0.5, 0.6) is 0 Å². The summed E-state index contributed by atoms with van der Waals surface area (Å²) in [5, 5.41) is 9.83. The molecule has 2 aromatic rings. The number of carboxylic acids is 1. The molecule has 0 amide bonds. The van der Waals surface area contributed by atoms with Crippen molar-refractivity contribution in [2.24, 2.45) is 23.7 Å². The molecular formula is C23H20O4. The van der Waals surface area contributed by atoms with Crippen molar-refractivity contribution < 1.29 is 19.4 Å². The second-order valence-corrected chi connectivity index (χ2v) is 6.91. The molecule has 0 heterocycles. The molecule has 1 N–H and O–H groups in total. The number of hydrogen-bond donors (Lipinski definition) is 1. The predicted octanol–water partition coefficient (Wildman–Crippen LogP) is 3.79. The molecule has 2 bridgehead atoms. The van der Waals surface area contributed by atoms with Crippen molar-refractivity contribution in [3.63, 3.8) is 0 Å². The fourth-order valence-corrected chi connectivity index (χ4v) is 4.52. The molecule has 2 aromatic carbocycles. The van der Waals surface area contributed by atoms with Gasteiger partial charge in [-0.15, -0.1) is 0 Å². The van der Waals surface area contributed by atoms with Crippen LogP contribution in [-0.2, 0) is 14.3 Å². The summed E-state index contributed by atoms with van der Waals surface area (Å²) in [4.78, 5) is 24.4. The van der Waals surface area contributed by atoms with Crippen LogP contribution < -0.4 is 0 Å². The molecule has 1 fully saturated rings. The molecular weight excluding hydrogens is 340 g/mol. The largest absolute Gasteiger partial charge is 0.481 e. The molecule has 0 radical (unpaired) electrons. The lowest BCUT2D eigenvalue weighted by atomic mass is 9.83. The van der Waals surface area contributed by atoms with E-state index in [1.165, 1.54) is 7.11 Å². The predicted molar refractivity (Wildman–Crippen MR) is 102 cm³/mol. The summed E-state index contributed by atoms with van der Waals surface area (Å²) >= 11 is 0. The molecule has 2 aliphatic carbocycles. The fraction of sp³-hybridized carbons (Fsp3) is 0.217. The van der Waals surface area contributed by atoms with Gasteiger partial charge in [0.25, 0.3) is 0 Å². The number of aliphatic carboxylic acids is 1. The summed E-state index contributed by atoms with van der Waals surface area (Å²) in [5.41, 5.74) is 4.04. The lowest BCUT2D eigenvalue weighted by Gasteiger charge is -2.21. The van der Waals surface area contributed by atoms with Crippen molar-refractivity contribution in [1.82, 2.24) is 0 Å². The maximum Gasteiger partial charge on any atom is 0.310 e. The Bertz CT molecular complexity index is 886. The second-order valence-electron chi connectivity index (χ2n) is 6.91. The van der Waals surface area contributed by atoms with Gasteiger partial charge in [0.15, 0.2) is 0 Å². The van der Waals surface area contributed by atoms with Crippen LogP contribution in [0.3, 0.4) is 0 Å². The van der Waals surface area contributed by atoms with Crippen LogP contribution in [0.4, 0.5) is 0 Å². The van der Waals surface area contributed by atoms with Gasteiger partial charge < -0.3 is 9.84 Å². The zero-order valence-corrected chi connectivity index (χ0v) is 14.9. The normalized spacial score (nSPS) is 25.4. The van der Waals surface area contributed by atoms with Gasteiger partial charge in [-0.1, -0.05) is 72.8 Å². The highest BCUT2D eigenvalue weighted by Gasteiger charge is 2.56. The lowest BCUT2D eigenvalue weighted by molar-refractivity contribution is -0.156. The van der Waals surface area contributed by atoms with Crippen LogP contribution >= 0.6 is 0 Å². The van der Waals surface area contributed by atoms with Gasteiger partial charge in [0.05, 0.1) is 18.9 Å². The monoisotopic (exact) mass is 360 g/mol. The Kier molecular flexibility index (Phi) is 4.40.